The van der Waals surface area contributed by atoms with Crippen molar-refractivity contribution in [2.75, 3.05) is 0 Å². The van der Waals surface area contributed by atoms with Crippen molar-refractivity contribution in [1.29, 1.82) is 0 Å². The molecular weight excluding hydrogens is 140 g/mol. The molecule has 0 aromatic heterocycles. The maximum absolute atomic E-state index is 9.35. The standard InChI is InChI=1S/C8H10OSi/c1-2-10(9)8-6-4-3-5-7-8/h2-7,9-10H,1H2. The molecule has 1 nitrogen and oxygen atoms in total. The molecule has 1 N–H and O–H groups in total. The van der Waals surface area contributed by atoms with Crippen molar-refractivity contribution in [3.05, 3.63) is 42.6 Å². The summed E-state index contributed by atoms with van der Waals surface area (Å²) in [6, 6.07) is 9.65. The molecule has 0 heterocycles. The van der Waals surface area contributed by atoms with E-state index in [9.17, 15) is 4.80 Å². The van der Waals surface area contributed by atoms with Gasteiger partial charge in [-0.3, -0.25) is 0 Å². The van der Waals surface area contributed by atoms with Crippen molar-refractivity contribution in [3.63, 3.8) is 0 Å². The summed E-state index contributed by atoms with van der Waals surface area (Å²) >= 11 is 0. The van der Waals surface area contributed by atoms with Gasteiger partial charge in [0.15, 0.2) is 0 Å². The zero-order chi connectivity index (χ0) is 7.40. The minimum atomic E-state index is -1.78. The molecule has 0 radical (unpaired) electrons. The van der Waals surface area contributed by atoms with Gasteiger partial charge in [-0.05, 0) is 5.19 Å². The minimum Gasteiger partial charge on any atom is -0.427 e. The smallest absolute Gasteiger partial charge is 0.228 e. The quantitative estimate of drug-likeness (QED) is 0.603. The van der Waals surface area contributed by atoms with Crippen LogP contribution in [0.15, 0.2) is 42.6 Å². The molecule has 1 unspecified atom stereocenters. The lowest BCUT2D eigenvalue weighted by atomic mass is 10.4. The molecule has 1 aromatic rings. The Kier molecular flexibility index (Phi) is 2.42. The summed E-state index contributed by atoms with van der Waals surface area (Å²) in [4.78, 5) is 9.35. The Morgan fingerprint density at radius 2 is 1.90 bits per heavy atom. The van der Waals surface area contributed by atoms with Crippen molar-refractivity contribution in [1.82, 2.24) is 0 Å². The molecule has 0 amide bonds. The van der Waals surface area contributed by atoms with Gasteiger partial charge in [0, 0.05) is 0 Å². The molecular formula is C8H10OSi. The second-order valence-corrected chi connectivity index (χ2v) is 4.12. The van der Waals surface area contributed by atoms with E-state index in [-0.39, 0.29) is 0 Å². The van der Waals surface area contributed by atoms with Gasteiger partial charge in [0.1, 0.15) is 0 Å². The molecule has 2 heteroatoms. The highest BCUT2D eigenvalue weighted by atomic mass is 28.3. The van der Waals surface area contributed by atoms with Gasteiger partial charge < -0.3 is 4.80 Å². The lowest BCUT2D eigenvalue weighted by Crippen LogP contribution is -2.27. The van der Waals surface area contributed by atoms with E-state index in [4.69, 9.17) is 0 Å². The number of hydrogen-bond acceptors (Lipinski definition) is 1. The summed E-state index contributed by atoms with van der Waals surface area (Å²) in [7, 11) is -1.78. The summed E-state index contributed by atoms with van der Waals surface area (Å²) < 4.78 is 0. The van der Waals surface area contributed by atoms with Gasteiger partial charge >= 0.3 is 0 Å². The molecule has 0 aliphatic rings. The molecule has 52 valence electrons. The first-order chi connectivity index (χ1) is 4.84. The highest BCUT2D eigenvalue weighted by Crippen LogP contribution is 1.85. The third-order valence-corrected chi connectivity index (χ3v) is 2.88. The number of hydrogen-bond donors (Lipinski definition) is 1. The van der Waals surface area contributed by atoms with Crippen LogP contribution in [0.1, 0.15) is 0 Å². The Balaban J connectivity index is 2.84. The third kappa shape index (κ3) is 1.56. The lowest BCUT2D eigenvalue weighted by Gasteiger charge is -2.00. The van der Waals surface area contributed by atoms with Crippen LogP contribution in [-0.4, -0.2) is 13.8 Å². The Hall–Kier alpha value is -0.863. The SMILES string of the molecule is C=C[SiH](O)c1ccccc1. The monoisotopic (exact) mass is 150 g/mol. The fourth-order valence-corrected chi connectivity index (χ4v) is 1.68. The zero-order valence-corrected chi connectivity index (χ0v) is 6.85. The zero-order valence-electron chi connectivity index (χ0n) is 5.70. The van der Waals surface area contributed by atoms with Crippen LogP contribution in [0.3, 0.4) is 0 Å². The molecule has 0 bridgehead atoms. The van der Waals surface area contributed by atoms with Crippen LogP contribution in [0.4, 0.5) is 0 Å². The number of rotatable bonds is 2. The van der Waals surface area contributed by atoms with Crippen molar-refractivity contribution in [2.45, 2.75) is 0 Å². The molecule has 0 fully saturated rings. The van der Waals surface area contributed by atoms with Crippen LogP contribution in [0, 0.1) is 0 Å². The molecule has 0 saturated carbocycles. The van der Waals surface area contributed by atoms with Gasteiger partial charge in [-0.25, -0.2) is 0 Å². The molecule has 0 aliphatic carbocycles. The maximum atomic E-state index is 9.35. The second kappa shape index (κ2) is 3.34. The minimum absolute atomic E-state index is 1.03. The second-order valence-electron chi connectivity index (χ2n) is 2.09. The van der Waals surface area contributed by atoms with Gasteiger partial charge in [-0.15, -0.1) is 6.58 Å². The van der Waals surface area contributed by atoms with Crippen LogP contribution in [0.2, 0.25) is 0 Å². The predicted molar refractivity (Wildman–Crippen MR) is 45.6 cm³/mol. The normalized spacial score (nSPS) is 12.5. The highest BCUT2D eigenvalue weighted by Gasteiger charge is 2.01. The fraction of sp³-hybridized carbons (Fsp3) is 0. The summed E-state index contributed by atoms with van der Waals surface area (Å²) in [6.45, 7) is 3.55. The first-order valence-electron chi connectivity index (χ1n) is 3.20. The average molecular weight is 150 g/mol. The predicted octanol–water partition coefficient (Wildman–Crippen LogP) is 0.335. The maximum Gasteiger partial charge on any atom is 0.228 e. The summed E-state index contributed by atoms with van der Waals surface area (Å²) in [6.07, 6.45) is 0. The third-order valence-electron chi connectivity index (χ3n) is 1.36. The van der Waals surface area contributed by atoms with Crippen molar-refractivity contribution in [2.24, 2.45) is 0 Å². The van der Waals surface area contributed by atoms with Gasteiger partial charge in [0.25, 0.3) is 0 Å². The Morgan fingerprint density at radius 1 is 1.30 bits per heavy atom. The van der Waals surface area contributed by atoms with Crippen LogP contribution in [-0.2, 0) is 0 Å². The molecule has 1 rings (SSSR count). The summed E-state index contributed by atoms with van der Waals surface area (Å²) in [5.41, 5.74) is 1.65. The average Bonchev–Trinajstić information content (AvgIpc) is 2.05. The van der Waals surface area contributed by atoms with Crippen molar-refractivity contribution < 1.29 is 4.80 Å². The van der Waals surface area contributed by atoms with Crippen molar-refractivity contribution in [3.8, 4) is 0 Å². The molecule has 1 atom stereocenters. The van der Waals surface area contributed by atoms with Gasteiger partial charge in [-0.1, -0.05) is 36.0 Å². The van der Waals surface area contributed by atoms with Crippen LogP contribution < -0.4 is 5.19 Å². The topological polar surface area (TPSA) is 20.2 Å². The van der Waals surface area contributed by atoms with E-state index < -0.39 is 9.04 Å². The highest BCUT2D eigenvalue weighted by molar-refractivity contribution is 6.70. The van der Waals surface area contributed by atoms with Crippen LogP contribution >= 0.6 is 0 Å². The molecule has 0 saturated heterocycles. The van der Waals surface area contributed by atoms with Crippen LogP contribution in [0.5, 0.6) is 0 Å². The Morgan fingerprint density at radius 3 is 2.40 bits per heavy atom. The van der Waals surface area contributed by atoms with E-state index in [0.717, 1.165) is 5.19 Å². The number of benzene rings is 1. The van der Waals surface area contributed by atoms with E-state index in [0.29, 0.717) is 0 Å². The molecule has 0 spiro atoms. The van der Waals surface area contributed by atoms with Gasteiger partial charge in [-0.2, -0.15) is 0 Å². The summed E-state index contributed by atoms with van der Waals surface area (Å²) in [5, 5.41) is 1.03. The molecule has 1 aromatic carbocycles. The molecule has 0 aliphatic heterocycles. The fourth-order valence-electron chi connectivity index (χ4n) is 0.786. The van der Waals surface area contributed by atoms with E-state index in [1.54, 1.807) is 5.70 Å². The van der Waals surface area contributed by atoms with Crippen molar-refractivity contribution >= 4 is 14.2 Å². The van der Waals surface area contributed by atoms with E-state index in [1.807, 2.05) is 30.3 Å². The Labute approximate surface area is 62.4 Å². The van der Waals surface area contributed by atoms with E-state index in [1.165, 1.54) is 0 Å². The van der Waals surface area contributed by atoms with Gasteiger partial charge in [0.05, 0.1) is 0 Å². The van der Waals surface area contributed by atoms with Crippen LogP contribution in [0.25, 0.3) is 0 Å². The lowest BCUT2D eigenvalue weighted by molar-refractivity contribution is 0.599. The molecule has 10 heavy (non-hydrogen) atoms. The first kappa shape index (κ1) is 7.25. The van der Waals surface area contributed by atoms with E-state index >= 15 is 0 Å². The first-order valence-corrected chi connectivity index (χ1v) is 4.96. The van der Waals surface area contributed by atoms with Gasteiger partial charge in [0.2, 0.25) is 9.04 Å². The summed E-state index contributed by atoms with van der Waals surface area (Å²) in [5.74, 6) is 0. The van der Waals surface area contributed by atoms with E-state index in [2.05, 4.69) is 6.58 Å². The Bertz CT molecular complexity index is 208. The largest absolute Gasteiger partial charge is 0.427 e.